The fraction of sp³-hybridized carbons (Fsp3) is 0.400. The number of carbonyl (C=O) groups excluding carboxylic acids is 2. The number of carbonyl (C=O) groups is 3. The number of hydrogen-bond donors (Lipinski definition) is 1. The summed E-state index contributed by atoms with van der Waals surface area (Å²) in [4.78, 5) is 36.1. The van der Waals surface area contributed by atoms with Crippen LogP contribution in [-0.4, -0.2) is 35.9 Å². The highest BCUT2D eigenvalue weighted by atomic mass is 16.5. The Labute approximate surface area is 122 Å². The van der Waals surface area contributed by atoms with Crippen molar-refractivity contribution < 1.29 is 24.2 Å². The zero-order chi connectivity index (χ0) is 15.4. The summed E-state index contributed by atoms with van der Waals surface area (Å²) in [5.74, 6) is -1.04. The van der Waals surface area contributed by atoms with Crippen LogP contribution >= 0.6 is 0 Å². The van der Waals surface area contributed by atoms with Crippen molar-refractivity contribution in [1.82, 2.24) is 0 Å². The van der Waals surface area contributed by atoms with E-state index >= 15 is 0 Å². The van der Waals surface area contributed by atoms with E-state index in [1.54, 1.807) is 18.2 Å². The van der Waals surface area contributed by atoms with Crippen molar-refractivity contribution in [3.63, 3.8) is 0 Å². The number of carboxylic acid groups (broad SMARTS) is 1. The number of nitrogens with zero attached hydrogens (tertiary/aromatic N) is 1. The van der Waals surface area contributed by atoms with Crippen LogP contribution in [0.1, 0.15) is 36.5 Å². The zero-order valence-corrected chi connectivity index (χ0v) is 11.8. The lowest BCUT2D eigenvalue weighted by Crippen LogP contribution is -2.35. The van der Waals surface area contributed by atoms with E-state index in [2.05, 4.69) is 0 Å². The predicted molar refractivity (Wildman–Crippen MR) is 75.8 cm³/mol. The molecule has 112 valence electrons. The van der Waals surface area contributed by atoms with Gasteiger partial charge in [0.1, 0.15) is 12.3 Å². The molecule has 6 heteroatoms. The topological polar surface area (TPSA) is 83.9 Å². The molecule has 6 nitrogen and oxygen atoms in total. The molecular formula is C15H17NO5. The molecule has 1 aromatic carbocycles. The van der Waals surface area contributed by atoms with Crippen LogP contribution in [0, 0.1) is 0 Å². The monoisotopic (exact) mass is 291 g/mol. The van der Waals surface area contributed by atoms with Crippen molar-refractivity contribution in [3.8, 4) is 5.75 Å². The molecule has 0 aliphatic carbocycles. The van der Waals surface area contributed by atoms with Crippen molar-refractivity contribution >= 4 is 23.3 Å². The van der Waals surface area contributed by atoms with Crippen LogP contribution in [0.25, 0.3) is 0 Å². The molecule has 1 heterocycles. The smallest absolute Gasteiger partial charge is 0.323 e. The first kappa shape index (κ1) is 15.0. The van der Waals surface area contributed by atoms with E-state index in [-0.39, 0.29) is 24.7 Å². The van der Waals surface area contributed by atoms with Gasteiger partial charge < -0.3 is 9.84 Å². The summed E-state index contributed by atoms with van der Waals surface area (Å²) < 4.78 is 5.46. The summed E-state index contributed by atoms with van der Waals surface area (Å²) in [6.07, 6.45) is 1.25. The van der Waals surface area contributed by atoms with Gasteiger partial charge in [-0.15, -0.1) is 0 Å². The number of Topliss-reactive ketones (excluding diaryl/α,β-unsaturated/α-hetero) is 1. The van der Waals surface area contributed by atoms with Crippen molar-refractivity contribution in [3.05, 3.63) is 23.8 Å². The highest BCUT2D eigenvalue weighted by Crippen LogP contribution is 2.32. The highest BCUT2D eigenvalue weighted by Gasteiger charge is 2.26. The Bertz CT molecular complexity index is 581. The first-order chi connectivity index (χ1) is 10.0. The van der Waals surface area contributed by atoms with Gasteiger partial charge in [-0.25, -0.2) is 0 Å². The minimum atomic E-state index is -1.11. The fourth-order valence-electron chi connectivity index (χ4n) is 2.22. The molecule has 0 saturated carbocycles. The molecule has 1 aliphatic rings. The zero-order valence-electron chi connectivity index (χ0n) is 11.8. The van der Waals surface area contributed by atoms with Crippen LogP contribution < -0.4 is 9.64 Å². The molecule has 1 N–H and O–H groups in total. The number of amides is 1. The SMILES string of the molecule is CCCC(=O)c1ccc2c(c1)N(CC(=O)O)C(=O)CCO2. The van der Waals surface area contributed by atoms with E-state index in [1.807, 2.05) is 6.92 Å². The highest BCUT2D eigenvalue weighted by molar-refractivity contribution is 6.02. The second-order valence-corrected chi connectivity index (χ2v) is 4.83. The van der Waals surface area contributed by atoms with Crippen LogP contribution in [-0.2, 0) is 9.59 Å². The molecule has 0 radical (unpaired) electrons. The molecular weight excluding hydrogens is 274 g/mol. The van der Waals surface area contributed by atoms with E-state index in [9.17, 15) is 14.4 Å². The van der Waals surface area contributed by atoms with Crippen LogP contribution in [0.4, 0.5) is 5.69 Å². The van der Waals surface area contributed by atoms with E-state index in [1.165, 1.54) is 0 Å². The third kappa shape index (κ3) is 3.39. The van der Waals surface area contributed by atoms with Gasteiger partial charge in [0.2, 0.25) is 5.91 Å². The lowest BCUT2D eigenvalue weighted by Gasteiger charge is -2.20. The summed E-state index contributed by atoms with van der Waals surface area (Å²) in [5, 5.41) is 8.96. The summed E-state index contributed by atoms with van der Waals surface area (Å²) in [7, 11) is 0. The molecule has 0 spiro atoms. The summed E-state index contributed by atoms with van der Waals surface area (Å²) >= 11 is 0. The number of hydrogen-bond acceptors (Lipinski definition) is 4. The second kappa shape index (κ2) is 6.39. The molecule has 0 aromatic heterocycles. The standard InChI is InChI=1S/C15H17NO5/c1-2-3-12(17)10-4-5-13-11(8-10)16(9-15(19)20)14(18)6-7-21-13/h4-5,8H,2-3,6-7,9H2,1H3,(H,19,20). The van der Waals surface area contributed by atoms with Crippen molar-refractivity contribution in [2.24, 2.45) is 0 Å². The maximum Gasteiger partial charge on any atom is 0.323 e. The van der Waals surface area contributed by atoms with Gasteiger partial charge in [-0.3, -0.25) is 19.3 Å². The van der Waals surface area contributed by atoms with E-state index in [4.69, 9.17) is 9.84 Å². The lowest BCUT2D eigenvalue weighted by atomic mass is 10.1. The van der Waals surface area contributed by atoms with Gasteiger partial charge in [0.15, 0.2) is 5.78 Å². The van der Waals surface area contributed by atoms with Crippen LogP contribution in [0.2, 0.25) is 0 Å². The summed E-state index contributed by atoms with van der Waals surface area (Å²) in [6, 6.07) is 4.80. The number of ether oxygens (including phenoxy) is 1. The van der Waals surface area contributed by atoms with Gasteiger partial charge in [0.05, 0.1) is 18.7 Å². The van der Waals surface area contributed by atoms with E-state index < -0.39 is 12.5 Å². The molecule has 2 rings (SSSR count). The number of benzene rings is 1. The van der Waals surface area contributed by atoms with Crippen molar-refractivity contribution in [2.75, 3.05) is 18.1 Å². The average Bonchev–Trinajstić information content (AvgIpc) is 2.58. The molecule has 21 heavy (non-hydrogen) atoms. The third-order valence-electron chi connectivity index (χ3n) is 3.22. The van der Waals surface area contributed by atoms with Gasteiger partial charge in [0, 0.05) is 12.0 Å². The number of ketones is 1. The molecule has 1 amide bonds. The lowest BCUT2D eigenvalue weighted by molar-refractivity contribution is -0.136. The Morgan fingerprint density at radius 3 is 2.81 bits per heavy atom. The maximum absolute atomic E-state index is 12.0. The third-order valence-corrected chi connectivity index (χ3v) is 3.22. The normalized spacial score (nSPS) is 14.1. The van der Waals surface area contributed by atoms with Gasteiger partial charge in [-0.05, 0) is 24.6 Å². The Kier molecular flexibility index (Phi) is 4.57. The number of fused-ring (bicyclic) bond motifs is 1. The minimum absolute atomic E-state index is 0.0349. The first-order valence-electron chi connectivity index (χ1n) is 6.85. The van der Waals surface area contributed by atoms with Gasteiger partial charge >= 0.3 is 5.97 Å². The largest absolute Gasteiger partial charge is 0.491 e. The van der Waals surface area contributed by atoms with Crippen LogP contribution in [0.15, 0.2) is 18.2 Å². The number of carboxylic acids is 1. The number of anilines is 1. The van der Waals surface area contributed by atoms with Crippen molar-refractivity contribution in [1.29, 1.82) is 0 Å². The molecule has 0 unspecified atom stereocenters. The molecule has 1 aliphatic heterocycles. The summed E-state index contributed by atoms with van der Waals surface area (Å²) in [5.41, 5.74) is 0.811. The van der Waals surface area contributed by atoms with Crippen LogP contribution in [0.3, 0.4) is 0 Å². The van der Waals surface area contributed by atoms with Gasteiger partial charge in [0.25, 0.3) is 0 Å². The fourth-order valence-corrected chi connectivity index (χ4v) is 2.22. The Hall–Kier alpha value is -2.37. The Balaban J connectivity index is 2.42. The minimum Gasteiger partial charge on any atom is -0.491 e. The van der Waals surface area contributed by atoms with E-state index in [0.29, 0.717) is 23.4 Å². The molecule has 0 bridgehead atoms. The quantitative estimate of drug-likeness (QED) is 0.837. The van der Waals surface area contributed by atoms with E-state index in [0.717, 1.165) is 11.3 Å². The second-order valence-electron chi connectivity index (χ2n) is 4.83. The van der Waals surface area contributed by atoms with Crippen molar-refractivity contribution in [2.45, 2.75) is 26.2 Å². The Morgan fingerprint density at radius 1 is 1.38 bits per heavy atom. The summed E-state index contributed by atoms with van der Waals surface area (Å²) in [6.45, 7) is 1.66. The first-order valence-corrected chi connectivity index (χ1v) is 6.85. The number of rotatable bonds is 5. The molecule has 0 atom stereocenters. The van der Waals surface area contributed by atoms with Crippen LogP contribution in [0.5, 0.6) is 5.75 Å². The number of aliphatic carboxylic acids is 1. The van der Waals surface area contributed by atoms with Gasteiger partial charge in [-0.1, -0.05) is 6.92 Å². The van der Waals surface area contributed by atoms with Gasteiger partial charge in [-0.2, -0.15) is 0 Å². The molecule has 0 fully saturated rings. The average molecular weight is 291 g/mol. The predicted octanol–water partition coefficient (Wildman–Crippen LogP) is 1.87. The molecule has 1 aromatic rings. The molecule has 0 saturated heterocycles. The Morgan fingerprint density at radius 2 is 2.14 bits per heavy atom. The maximum atomic E-state index is 12.0.